The van der Waals surface area contributed by atoms with Crippen molar-refractivity contribution in [3.63, 3.8) is 0 Å². The van der Waals surface area contributed by atoms with Gasteiger partial charge in [0.2, 0.25) is 0 Å². The molecular weight excluding hydrogens is 150 g/mol. The second-order valence-electron chi connectivity index (χ2n) is 2.58. The zero-order valence-electron chi connectivity index (χ0n) is 6.24. The number of fused-ring (bicyclic) bond motifs is 1. The number of Topliss-reactive ketones (excluding diaryl/α,β-unsaturated/α-hetero) is 1. The summed E-state index contributed by atoms with van der Waals surface area (Å²) in [6, 6.07) is 9.20. The molecule has 0 radical (unpaired) electrons. The zero-order chi connectivity index (χ0) is 8.55. The molecule has 0 unspecified atom stereocenters. The predicted octanol–water partition coefficient (Wildman–Crippen LogP) is -0.276. The van der Waals surface area contributed by atoms with Crippen molar-refractivity contribution in [3.8, 4) is 6.07 Å². The lowest BCUT2D eigenvalue weighted by Gasteiger charge is -1.83. The molecule has 2 rings (SSSR count). The van der Waals surface area contributed by atoms with Crippen molar-refractivity contribution in [1.29, 1.82) is 5.26 Å². The van der Waals surface area contributed by atoms with Crippen LogP contribution in [0.1, 0.15) is 0 Å². The molecule has 2 nitrogen and oxygen atoms in total. The number of hydrogen-bond donors (Lipinski definition) is 0. The lowest BCUT2D eigenvalue weighted by atomic mass is 10.2. The van der Waals surface area contributed by atoms with Gasteiger partial charge < -0.3 is 0 Å². The zero-order valence-corrected chi connectivity index (χ0v) is 6.24. The molecule has 0 fully saturated rings. The van der Waals surface area contributed by atoms with Gasteiger partial charge in [0.1, 0.15) is 11.6 Å². The smallest absolute Gasteiger partial charge is 0.197 e. The van der Waals surface area contributed by atoms with E-state index in [0.29, 0.717) is 0 Å². The third-order valence-electron chi connectivity index (χ3n) is 1.87. The Morgan fingerprint density at radius 2 is 2.00 bits per heavy atom. The van der Waals surface area contributed by atoms with Gasteiger partial charge in [-0.15, -0.1) is 0 Å². The van der Waals surface area contributed by atoms with Crippen molar-refractivity contribution in [2.75, 3.05) is 0 Å². The molecule has 0 aliphatic heterocycles. The minimum absolute atomic E-state index is 0.182. The van der Waals surface area contributed by atoms with Gasteiger partial charge in [-0.2, -0.15) is 5.26 Å². The summed E-state index contributed by atoms with van der Waals surface area (Å²) in [5, 5.41) is 10.3. The molecule has 1 aromatic rings. The molecule has 0 saturated carbocycles. The average Bonchev–Trinajstić information content (AvgIpc) is 2.40. The average molecular weight is 155 g/mol. The minimum atomic E-state index is -0.182. The predicted molar refractivity (Wildman–Crippen MR) is 44.2 cm³/mol. The highest BCUT2D eigenvalue weighted by Crippen LogP contribution is 1.97. The number of rotatable bonds is 0. The molecular formula is C10H5NO. The van der Waals surface area contributed by atoms with E-state index < -0.39 is 0 Å². The van der Waals surface area contributed by atoms with E-state index in [-0.39, 0.29) is 11.4 Å². The SMILES string of the molecule is N#CC1=c2ccccc2=CC1=O. The van der Waals surface area contributed by atoms with E-state index in [4.69, 9.17) is 5.26 Å². The van der Waals surface area contributed by atoms with Gasteiger partial charge in [0.05, 0.1) is 0 Å². The summed E-state index contributed by atoms with van der Waals surface area (Å²) in [5.41, 5.74) is 0.255. The van der Waals surface area contributed by atoms with Crippen LogP contribution in [0.25, 0.3) is 11.6 Å². The van der Waals surface area contributed by atoms with Gasteiger partial charge in [0.15, 0.2) is 5.78 Å². The maximum atomic E-state index is 11.1. The molecule has 1 aromatic carbocycles. The fourth-order valence-corrected chi connectivity index (χ4v) is 1.31. The number of nitrogens with zero attached hydrogens (tertiary/aromatic N) is 1. The van der Waals surface area contributed by atoms with Crippen molar-refractivity contribution in [3.05, 3.63) is 34.7 Å². The summed E-state index contributed by atoms with van der Waals surface area (Å²) in [4.78, 5) is 11.1. The van der Waals surface area contributed by atoms with Crippen LogP contribution in [-0.2, 0) is 4.79 Å². The van der Waals surface area contributed by atoms with Crippen molar-refractivity contribution in [2.45, 2.75) is 0 Å². The molecule has 0 atom stereocenters. The van der Waals surface area contributed by atoms with Gasteiger partial charge in [-0.25, -0.2) is 0 Å². The van der Waals surface area contributed by atoms with Gasteiger partial charge in [-0.3, -0.25) is 4.79 Å². The Kier molecular flexibility index (Phi) is 1.31. The summed E-state index contributed by atoms with van der Waals surface area (Å²) >= 11 is 0. The first-order chi connectivity index (χ1) is 5.83. The molecule has 2 heteroatoms. The van der Waals surface area contributed by atoms with Crippen LogP contribution < -0.4 is 10.4 Å². The topological polar surface area (TPSA) is 40.9 Å². The highest BCUT2D eigenvalue weighted by molar-refractivity contribution is 6.35. The van der Waals surface area contributed by atoms with Crippen molar-refractivity contribution in [1.82, 2.24) is 0 Å². The van der Waals surface area contributed by atoms with Crippen LogP contribution in [0.5, 0.6) is 0 Å². The molecule has 0 heterocycles. The number of hydrogen-bond acceptors (Lipinski definition) is 2. The molecule has 0 N–H and O–H groups in total. The number of carbonyl (C=O) groups is 1. The second kappa shape index (κ2) is 2.31. The standard InChI is InChI=1S/C10H5NO/c11-6-9-8-4-2-1-3-7(8)5-10(9)12/h1-5H. The molecule has 1 aliphatic rings. The molecule has 0 spiro atoms. The van der Waals surface area contributed by atoms with E-state index in [2.05, 4.69) is 0 Å². The first kappa shape index (κ1) is 6.81. The molecule has 1 aliphatic carbocycles. The quantitative estimate of drug-likeness (QED) is 0.517. The van der Waals surface area contributed by atoms with Crippen LogP contribution >= 0.6 is 0 Å². The van der Waals surface area contributed by atoms with E-state index in [1.54, 1.807) is 6.07 Å². The fourth-order valence-electron chi connectivity index (χ4n) is 1.31. The van der Waals surface area contributed by atoms with Crippen molar-refractivity contribution >= 4 is 17.4 Å². The first-order valence-corrected chi connectivity index (χ1v) is 3.58. The van der Waals surface area contributed by atoms with Gasteiger partial charge >= 0.3 is 0 Å². The summed E-state index contributed by atoms with van der Waals surface area (Å²) in [6.07, 6.45) is 1.49. The van der Waals surface area contributed by atoms with E-state index in [9.17, 15) is 4.79 Å². The van der Waals surface area contributed by atoms with Gasteiger partial charge in [0, 0.05) is 5.22 Å². The van der Waals surface area contributed by atoms with Crippen LogP contribution in [0.15, 0.2) is 24.3 Å². The Morgan fingerprint density at radius 3 is 2.75 bits per heavy atom. The number of benzene rings is 1. The Hall–Kier alpha value is -1.88. The first-order valence-electron chi connectivity index (χ1n) is 3.58. The van der Waals surface area contributed by atoms with Crippen LogP contribution in [-0.4, -0.2) is 5.78 Å². The normalized spacial score (nSPS) is 13.6. The number of nitriles is 1. The Bertz CT molecular complexity index is 505. The second-order valence-corrected chi connectivity index (χ2v) is 2.58. The lowest BCUT2D eigenvalue weighted by molar-refractivity contribution is -0.108. The molecule has 12 heavy (non-hydrogen) atoms. The molecule has 0 bridgehead atoms. The minimum Gasteiger partial charge on any atom is -0.288 e. The summed E-state index contributed by atoms with van der Waals surface area (Å²) in [6.45, 7) is 0. The third kappa shape index (κ3) is 0.770. The van der Waals surface area contributed by atoms with Crippen LogP contribution in [0.3, 0.4) is 0 Å². The maximum absolute atomic E-state index is 11.1. The van der Waals surface area contributed by atoms with E-state index in [0.717, 1.165) is 10.4 Å². The van der Waals surface area contributed by atoms with Crippen molar-refractivity contribution in [2.24, 2.45) is 0 Å². The fraction of sp³-hybridized carbons (Fsp3) is 0. The Labute approximate surface area is 69.1 Å². The van der Waals surface area contributed by atoms with E-state index in [1.807, 2.05) is 24.3 Å². The summed E-state index contributed by atoms with van der Waals surface area (Å²) in [7, 11) is 0. The summed E-state index contributed by atoms with van der Waals surface area (Å²) < 4.78 is 0. The maximum Gasteiger partial charge on any atom is 0.197 e. The van der Waals surface area contributed by atoms with Gasteiger partial charge in [-0.1, -0.05) is 24.3 Å². The monoisotopic (exact) mass is 155 g/mol. The van der Waals surface area contributed by atoms with E-state index in [1.165, 1.54) is 6.08 Å². The van der Waals surface area contributed by atoms with Crippen LogP contribution in [0, 0.1) is 11.3 Å². The number of ketones is 1. The third-order valence-corrected chi connectivity index (χ3v) is 1.87. The summed E-state index contributed by atoms with van der Waals surface area (Å²) in [5.74, 6) is -0.182. The molecule has 0 aromatic heterocycles. The number of carbonyl (C=O) groups excluding carboxylic acids is 1. The highest BCUT2D eigenvalue weighted by atomic mass is 16.1. The molecule has 0 amide bonds. The molecule has 0 saturated heterocycles. The Balaban J connectivity index is 3.00. The van der Waals surface area contributed by atoms with E-state index >= 15 is 0 Å². The van der Waals surface area contributed by atoms with Crippen LogP contribution in [0.4, 0.5) is 0 Å². The molecule has 56 valence electrons. The largest absolute Gasteiger partial charge is 0.288 e. The lowest BCUT2D eigenvalue weighted by Crippen LogP contribution is -2.21. The Morgan fingerprint density at radius 1 is 1.25 bits per heavy atom. The van der Waals surface area contributed by atoms with Crippen molar-refractivity contribution < 1.29 is 4.79 Å². The highest BCUT2D eigenvalue weighted by Gasteiger charge is 2.12. The van der Waals surface area contributed by atoms with Gasteiger partial charge in [-0.05, 0) is 11.3 Å². The van der Waals surface area contributed by atoms with Crippen LogP contribution in [0.2, 0.25) is 0 Å². The van der Waals surface area contributed by atoms with Gasteiger partial charge in [0.25, 0.3) is 0 Å².